The topological polar surface area (TPSA) is 103 Å². The van der Waals surface area contributed by atoms with Crippen LogP contribution in [0.15, 0.2) is 57.7 Å². The molecular weight excluding hydrogens is 374 g/mol. The highest BCUT2D eigenvalue weighted by Crippen LogP contribution is 2.22. The molecule has 3 aromatic rings. The molecule has 2 N–H and O–H groups in total. The number of ether oxygens (including phenoxy) is 1. The van der Waals surface area contributed by atoms with E-state index in [4.69, 9.17) is 20.8 Å². The quantitative estimate of drug-likeness (QED) is 0.626. The van der Waals surface area contributed by atoms with Crippen molar-refractivity contribution in [2.75, 3.05) is 6.61 Å². The minimum absolute atomic E-state index is 0.0188. The molecule has 0 fully saturated rings. The maximum atomic E-state index is 11.9. The minimum atomic E-state index is -0.547. The number of nitrogens with one attached hydrogen (secondary N) is 2. The van der Waals surface area contributed by atoms with Crippen LogP contribution in [0.3, 0.4) is 0 Å². The highest BCUT2D eigenvalue weighted by molar-refractivity contribution is 6.32. The van der Waals surface area contributed by atoms with E-state index >= 15 is 0 Å². The first-order valence-electron chi connectivity index (χ1n) is 8.08. The van der Waals surface area contributed by atoms with Gasteiger partial charge in [-0.2, -0.15) is 0 Å². The van der Waals surface area contributed by atoms with E-state index in [0.29, 0.717) is 21.9 Å². The van der Waals surface area contributed by atoms with Gasteiger partial charge in [0.15, 0.2) is 12.2 Å². The third kappa shape index (κ3) is 4.68. The normalized spacial score (nSPS) is 10.6. The zero-order chi connectivity index (χ0) is 19.2. The van der Waals surface area contributed by atoms with Gasteiger partial charge in [0, 0.05) is 13.0 Å². The fourth-order valence-corrected chi connectivity index (χ4v) is 2.57. The Morgan fingerprint density at radius 3 is 2.56 bits per heavy atom. The Hall–Kier alpha value is -3.26. The zero-order valence-electron chi connectivity index (χ0n) is 14.1. The van der Waals surface area contributed by atoms with Crippen molar-refractivity contribution in [3.05, 3.63) is 64.1 Å². The Balaban J connectivity index is 1.45. The Labute approximate surface area is 158 Å². The maximum absolute atomic E-state index is 11.9. The molecule has 2 aromatic carbocycles. The van der Waals surface area contributed by atoms with Crippen molar-refractivity contribution < 1.29 is 18.7 Å². The molecule has 0 aliphatic rings. The first kappa shape index (κ1) is 18.5. The standard InChI is InChI=1S/C18H16ClN3O5/c19-12-5-1-3-7-14(12)26-11-17(24)21-20-16(23)9-10-22-13-6-2-4-8-15(13)27-18(22)25/h1-8H,9-11H2,(H,20,23)(H,21,24). The first-order chi connectivity index (χ1) is 13.0. The highest BCUT2D eigenvalue weighted by atomic mass is 35.5. The van der Waals surface area contributed by atoms with Gasteiger partial charge in [0.2, 0.25) is 5.91 Å². The number of para-hydroxylation sites is 3. The lowest BCUT2D eigenvalue weighted by Gasteiger charge is -2.09. The number of carbonyl (C=O) groups excluding carboxylic acids is 2. The summed E-state index contributed by atoms with van der Waals surface area (Å²) in [4.78, 5) is 35.4. The molecule has 27 heavy (non-hydrogen) atoms. The second kappa shape index (κ2) is 8.41. The number of benzene rings is 2. The van der Waals surface area contributed by atoms with E-state index < -0.39 is 17.6 Å². The van der Waals surface area contributed by atoms with Crippen LogP contribution in [0.1, 0.15) is 6.42 Å². The van der Waals surface area contributed by atoms with Gasteiger partial charge in [-0.1, -0.05) is 35.9 Å². The third-order valence-corrected chi connectivity index (χ3v) is 3.99. The van der Waals surface area contributed by atoms with Gasteiger partial charge in [-0.05, 0) is 24.3 Å². The molecule has 8 nitrogen and oxygen atoms in total. The van der Waals surface area contributed by atoms with Crippen molar-refractivity contribution in [2.24, 2.45) is 0 Å². The van der Waals surface area contributed by atoms with Gasteiger partial charge >= 0.3 is 5.76 Å². The summed E-state index contributed by atoms with van der Waals surface area (Å²) in [5, 5.41) is 0.382. The Morgan fingerprint density at radius 2 is 1.74 bits per heavy atom. The lowest BCUT2D eigenvalue weighted by atomic mass is 10.3. The van der Waals surface area contributed by atoms with E-state index in [0.717, 1.165) is 0 Å². The van der Waals surface area contributed by atoms with E-state index in [1.807, 2.05) is 0 Å². The number of hydrazine groups is 1. The Kier molecular flexibility index (Phi) is 5.77. The summed E-state index contributed by atoms with van der Waals surface area (Å²) in [5.41, 5.74) is 5.56. The van der Waals surface area contributed by atoms with Crippen molar-refractivity contribution in [3.63, 3.8) is 0 Å². The summed E-state index contributed by atoms with van der Waals surface area (Å²) in [5.74, 6) is -1.18. The van der Waals surface area contributed by atoms with Crippen LogP contribution in [0, 0.1) is 0 Å². The molecule has 140 valence electrons. The number of aryl methyl sites for hydroxylation is 1. The summed E-state index contributed by atoms with van der Waals surface area (Å²) < 4.78 is 11.7. The van der Waals surface area contributed by atoms with Gasteiger partial charge in [-0.25, -0.2) is 4.79 Å². The molecule has 0 atom stereocenters. The Morgan fingerprint density at radius 1 is 1.04 bits per heavy atom. The number of carbonyl (C=O) groups is 2. The van der Waals surface area contributed by atoms with Crippen molar-refractivity contribution in [1.29, 1.82) is 0 Å². The van der Waals surface area contributed by atoms with E-state index in [1.54, 1.807) is 48.5 Å². The third-order valence-electron chi connectivity index (χ3n) is 3.67. The molecule has 0 spiro atoms. The molecule has 0 radical (unpaired) electrons. The van der Waals surface area contributed by atoms with Gasteiger partial charge in [0.25, 0.3) is 5.91 Å². The van der Waals surface area contributed by atoms with Crippen LogP contribution < -0.4 is 21.3 Å². The number of nitrogens with zero attached hydrogens (tertiary/aromatic N) is 1. The van der Waals surface area contributed by atoms with Crippen LogP contribution in [-0.4, -0.2) is 23.0 Å². The van der Waals surface area contributed by atoms with Crippen molar-refractivity contribution in [3.8, 4) is 5.75 Å². The summed E-state index contributed by atoms with van der Waals surface area (Å²) in [7, 11) is 0. The number of fused-ring (bicyclic) bond motifs is 1. The van der Waals surface area contributed by atoms with Crippen LogP contribution in [0.5, 0.6) is 5.75 Å². The summed E-state index contributed by atoms with van der Waals surface area (Å²) >= 11 is 5.92. The van der Waals surface area contributed by atoms with Crippen molar-refractivity contribution in [1.82, 2.24) is 15.4 Å². The monoisotopic (exact) mass is 389 g/mol. The fraction of sp³-hybridized carbons (Fsp3) is 0.167. The Bertz CT molecular complexity index is 1030. The highest BCUT2D eigenvalue weighted by Gasteiger charge is 2.11. The number of hydrogen-bond acceptors (Lipinski definition) is 5. The average Bonchev–Trinajstić information content (AvgIpc) is 2.99. The smallest absolute Gasteiger partial charge is 0.419 e. The molecular formula is C18H16ClN3O5. The van der Waals surface area contributed by atoms with Gasteiger partial charge in [0.1, 0.15) is 5.75 Å². The molecule has 0 saturated carbocycles. The average molecular weight is 390 g/mol. The summed E-state index contributed by atoms with van der Waals surface area (Å²) in [6, 6.07) is 13.7. The molecule has 1 aromatic heterocycles. The lowest BCUT2D eigenvalue weighted by molar-refractivity contribution is -0.130. The largest absolute Gasteiger partial charge is 0.482 e. The van der Waals surface area contributed by atoms with E-state index in [1.165, 1.54) is 4.57 Å². The zero-order valence-corrected chi connectivity index (χ0v) is 14.9. The molecule has 3 rings (SSSR count). The molecule has 0 aliphatic heterocycles. The molecule has 0 aliphatic carbocycles. The summed E-state index contributed by atoms with van der Waals surface area (Å²) in [6.07, 6.45) is -0.0188. The van der Waals surface area contributed by atoms with Crippen LogP contribution >= 0.6 is 11.6 Å². The molecule has 9 heteroatoms. The van der Waals surface area contributed by atoms with Gasteiger partial charge in [-0.15, -0.1) is 0 Å². The van der Waals surface area contributed by atoms with Gasteiger partial charge in [0.05, 0.1) is 10.5 Å². The minimum Gasteiger partial charge on any atom is -0.482 e. The molecule has 0 unspecified atom stereocenters. The molecule has 1 heterocycles. The number of rotatable bonds is 6. The second-order valence-electron chi connectivity index (χ2n) is 5.55. The van der Waals surface area contributed by atoms with Gasteiger partial charge < -0.3 is 9.15 Å². The molecule has 0 saturated heterocycles. The second-order valence-corrected chi connectivity index (χ2v) is 5.96. The maximum Gasteiger partial charge on any atom is 0.419 e. The SMILES string of the molecule is O=C(CCn1c(=O)oc2ccccc21)NNC(=O)COc1ccccc1Cl. The predicted octanol–water partition coefficient (Wildman–Crippen LogP) is 1.86. The van der Waals surface area contributed by atoms with E-state index in [2.05, 4.69) is 10.9 Å². The van der Waals surface area contributed by atoms with E-state index in [-0.39, 0.29) is 19.6 Å². The fourth-order valence-electron chi connectivity index (χ4n) is 2.38. The van der Waals surface area contributed by atoms with Crippen LogP contribution in [0.25, 0.3) is 11.1 Å². The summed E-state index contributed by atoms with van der Waals surface area (Å²) in [6.45, 7) is -0.191. The van der Waals surface area contributed by atoms with E-state index in [9.17, 15) is 14.4 Å². The van der Waals surface area contributed by atoms with Crippen molar-refractivity contribution in [2.45, 2.75) is 13.0 Å². The number of hydrogen-bond donors (Lipinski definition) is 2. The lowest BCUT2D eigenvalue weighted by Crippen LogP contribution is -2.44. The number of oxazole rings is 1. The molecule has 0 bridgehead atoms. The van der Waals surface area contributed by atoms with Crippen LogP contribution in [0.4, 0.5) is 0 Å². The van der Waals surface area contributed by atoms with Gasteiger partial charge in [-0.3, -0.25) is 25.0 Å². The first-order valence-corrected chi connectivity index (χ1v) is 8.46. The number of halogens is 1. The number of aromatic nitrogens is 1. The van der Waals surface area contributed by atoms with Crippen molar-refractivity contribution >= 4 is 34.5 Å². The van der Waals surface area contributed by atoms with Crippen LogP contribution in [-0.2, 0) is 16.1 Å². The molecule has 2 amide bonds. The van der Waals surface area contributed by atoms with Crippen LogP contribution in [0.2, 0.25) is 5.02 Å². The predicted molar refractivity (Wildman–Crippen MR) is 98.3 cm³/mol. The number of amides is 2.